The maximum Gasteiger partial charge on any atom is 0.292 e. The molecule has 5 heterocycles. The zero-order valence-electron chi connectivity index (χ0n) is 32.8. The number of pyridine rings is 1. The molecule has 13 heteroatoms. The number of aromatic nitrogens is 5. The maximum atomic E-state index is 12.7. The Kier molecular flexibility index (Phi) is 10.4. The monoisotopic (exact) mass is 765 g/mol. The molecule has 2 aliphatic heterocycles. The number of rotatable bonds is 10. The van der Waals surface area contributed by atoms with Gasteiger partial charge in [0, 0.05) is 79.5 Å². The van der Waals surface area contributed by atoms with Crippen LogP contribution in [0.2, 0.25) is 0 Å². The molecule has 1 atom stereocenters. The summed E-state index contributed by atoms with van der Waals surface area (Å²) < 4.78 is 5.27. The van der Waals surface area contributed by atoms with E-state index in [1.165, 1.54) is 11.3 Å². The molecule has 3 aromatic heterocycles. The Labute approximate surface area is 331 Å². The van der Waals surface area contributed by atoms with E-state index in [2.05, 4.69) is 94.3 Å². The third-order valence-electron chi connectivity index (χ3n) is 11.0. The Hall–Kier alpha value is -6.21. The topological polar surface area (TPSA) is 162 Å². The van der Waals surface area contributed by atoms with Gasteiger partial charge in [-0.1, -0.05) is 74.5 Å². The number of anilines is 1. The Balaban J connectivity index is 0.854. The van der Waals surface area contributed by atoms with Crippen molar-refractivity contribution in [1.82, 2.24) is 40.9 Å². The first-order valence-corrected chi connectivity index (χ1v) is 19.6. The highest BCUT2D eigenvalue weighted by molar-refractivity contribution is 6.01. The number of amides is 3. The number of H-pyrrole nitrogens is 1. The smallest absolute Gasteiger partial charge is 0.292 e. The van der Waals surface area contributed by atoms with Gasteiger partial charge in [0.15, 0.2) is 5.65 Å². The van der Waals surface area contributed by atoms with Crippen molar-refractivity contribution >= 4 is 34.4 Å². The van der Waals surface area contributed by atoms with Gasteiger partial charge < -0.3 is 14.7 Å². The number of piperidine rings is 1. The van der Waals surface area contributed by atoms with E-state index in [-0.39, 0.29) is 34.9 Å². The Morgan fingerprint density at radius 1 is 0.930 bits per heavy atom. The van der Waals surface area contributed by atoms with Crippen LogP contribution in [0.4, 0.5) is 5.69 Å². The van der Waals surface area contributed by atoms with E-state index < -0.39 is 0 Å². The summed E-state index contributed by atoms with van der Waals surface area (Å²) in [6.45, 7) is 13.1. The number of piperazine rings is 1. The second kappa shape index (κ2) is 15.7. The molecule has 2 fully saturated rings. The molecule has 1 unspecified atom stereocenters. The van der Waals surface area contributed by atoms with Crippen LogP contribution < -0.4 is 15.5 Å². The number of carbonyl (C=O) groups is 3. The Morgan fingerprint density at radius 3 is 2.39 bits per heavy atom. The Morgan fingerprint density at radius 2 is 1.68 bits per heavy atom. The van der Waals surface area contributed by atoms with Gasteiger partial charge in [0.25, 0.3) is 11.7 Å². The quantitative estimate of drug-likeness (QED) is 0.139. The van der Waals surface area contributed by atoms with Gasteiger partial charge in [-0.2, -0.15) is 10.1 Å². The number of nitrogens with zero attached hydrogens (tertiary/aromatic N) is 6. The second-order valence-electron chi connectivity index (χ2n) is 16.1. The minimum Gasteiger partial charge on any atom is -0.369 e. The van der Waals surface area contributed by atoms with Gasteiger partial charge in [0.2, 0.25) is 17.7 Å². The lowest BCUT2D eigenvalue weighted by molar-refractivity contribution is -0.134. The predicted octanol–water partition coefficient (Wildman–Crippen LogP) is 6.10. The van der Waals surface area contributed by atoms with E-state index in [9.17, 15) is 14.4 Å². The maximum absolute atomic E-state index is 12.7. The summed E-state index contributed by atoms with van der Waals surface area (Å²) in [7, 11) is 0. The summed E-state index contributed by atoms with van der Waals surface area (Å²) in [5.74, 6) is -0.557. The number of aryl methyl sites for hydroxylation is 1. The molecule has 2 aliphatic rings. The predicted molar refractivity (Wildman–Crippen MR) is 218 cm³/mol. The number of nitrogens with one attached hydrogen (secondary N) is 3. The largest absolute Gasteiger partial charge is 0.369 e. The molecule has 2 saturated heterocycles. The summed E-state index contributed by atoms with van der Waals surface area (Å²) >= 11 is 0. The second-order valence-corrected chi connectivity index (χ2v) is 16.1. The van der Waals surface area contributed by atoms with E-state index >= 15 is 0 Å². The fourth-order valence-electron chi connectivity index (χ4n) is 7.51. The third kappa shape index (κ3) is 8.34. The van der Waals surface area contributed by atoms with Crippen LogP contribution in [0.25, 0.3) is 33.4 Å². The third-order valence-corrected chi connectivity index (χ3v) is 11.0. The molecular weight excluding hydrogens is 719 g/mol. The summed E-state index contributed by atoms with van der Waals surface area (Å²) in [4.78, 5) is 50.3. The zero-order chi connectivity index (χ0) is 39.7. The van der Waals surface area contributed by atoms with Crippen molar-refractivity contribution < 1.29 is 18.9 Å². The van der Waals surface area contributed by atoms with Crippen molar-refractivity contribution in [2.45, 2.75) is 64.8 Å². The van der Waals surface area contributed by atoms with E-state index in [1.54, 1.807) is 0 Å². The van der Waals surface area contributed by atoms with Gasteiger partial charge in [0.1, 0.15) is 0 Å². The van der Waals surface area contributed by atoms with Crippen molar-refractivity contribution in [2.75, 3.05) is 37.6 Å². The van der Waals surface area contributed by atoms with Crippen molar-refractivity contribution in [3.05, 3.63) is 113 Å². The van der Waals surface area contributed by atoms with Gasteiger partial charge in [-0.15, -0.1) is 0 Å². The summed E-state index contributed by atoms with van der Waals surface area (Å²) in [6, 6.07) is 25.3. The standard InChI is InChI=1S/C44H47N9O4/c1-27-23-31(9-10-32(27)25-46-42(56)40-48-43(57-51-40)44(2,3)4)38-36-24-33(26-45-39(36)50-49-38)29-11-13-34(14-12-29)53-21-19-52(20-22-53)18-17-28-5-7-30(8-6-28)35-15-16-37(54)47-41(35)55/h5-14,23-24,26,35H,15-22,25H2,1-4H3,(H,46,56)(H,45,49,50)(H,47,54,55). The molecule has 13 nitrogen and oxygen atoms in total. The number of aromatic amines is 1. The highest BCUT2D eigenvalue weighted by atomic mass is 16.5. The van der Waals surface area contributed by atoms with Crippen LogP contribution in [0.15, 0.2) is 83.5 Å². The number of fused-ring (bicyclic) bond motifs is 1. The molecule has 0 radical (unpaired) electrons. The van der Waals surface area contributed by atoms with E-state index in [0.717, 1.165) is 83.6 Å². The fraction of sp³-hybridized carbons (Fsp3) is 0.341. The molecule has 8 rings (SSSR count). The molecule has 292 valence electrons. The molecule has 0 aliphatic carbocycles. The SMILES string of the molecule is Cc1cc(-c2[nH]nc3ncc(-c4ccc(N5CCN(CCc6ccc(C7CCC(=O)NC7=O)cc6)CC5)cc4)cc23)ccc1CNC(=O)c1noc(C(C)(C)C)n1. The van der Waals surface area contributed by atoms with Crippen molar-refractivity contribution in [3.63, 3.8) is 0 Å². The van der Waals surface area contributed by atoms with Gasteiger partial charge in [-0.25, -0.2) is 4.98 Å². The van der Waals surface area contributed by atoms with Gasteiger partial charge in [0.05, 0.1) is 11.6 Å². The lowest BCUT2D eigenvalue weighted by Gasteiger charge is -2.36. The Bertz CT molecular complexity index is 2420. The molecule has 3 aromatic carbocycles. The van der Waals surface area contributed by atoms with Crippen LogP contribution in [0.3, 0.4) is 0 Å². The van der Waals surface area contributed by atoms with E-state index in [4.69, 9.17) is 4.52 Å². The van der Waals surface area contributed by atoms with E-state index in [1.807, 2.05) is 58.2 Å². The van der Waals surface area contributed by atoms with Crippen LogP contribution in [0.1, 0.15) is 78.3 Å². The fourth-order valence-corrected chi connectivity index (χ4v) is 7.51. The molecule has 3 N–H and O–H groups in total. The lowest BCUT2D eigenvalue weighted by Crippen LogP contribution is -2.47. The van der Waals surface area contributed by atoms with Crippen LogP contribution in [0.5, 0.6) is 0 Å². The minimum atomic E-state index is -0.382. The lowest BCUT2D eigenvalue weighted by atomic mass is 9.90. The average molecular weight is 766 g/mol. The summed E-state index contributed by atoms with van der Waals surface area (Å²) in [6.07, 6.45) is 3.79. The van der Waals surface area contributed by atoms with Gasteiger partial charge in [-0.05, 0) is 71.8 Å². The van der Waals surface area contributed by atoms with Crippen LogP contribution in [-0.4, -0.2) is 80.7 Å². The normalized spacial score (nSPS) is 16.6. The first-order chi connectivity index (χ1) is 27.5. The molecule has 57 heavy (non-hydrogen) atoms. The van der Waals surface area contributed by atoms with Crippen LogP contribution in [0, 0.1) is 6.92 Å². The number of hydrogen-bond donors (Lipinski definition) is 3. The average Bonchev–Trinajstić information content (AvgIpc) is 3.89. The first-order valence-electron chi connectivity index (χ1n) is 19.6. The number of hydrogen-bond acceptors (Lipinski definition) is 10. The van der Waals surface area contributed by atoms with E-state index in [0.29, 0.717) is 30.9 Å². The first kappa shape index (κ1) is 37.7. The molecule has 0 saturated carbocycles. The van der Waals surface area contributed by atoms with Crippen LogP contribution >= 0.6 is 0 Å². The zero-order valence-corrected chi connectivity index (χ0v) is 32.8. The number of benzene rings is 3. The summed E-state index contributed by atoms with van der Waals surface area (Å²) in [5.41, 5.74) is 9.72. The molecule has 0 spiro atoms. The molecule has 6 aromatic rings. The van der Waals surface area contributed by atoms with Crippen molar-refractivity contribution in [3.8, 4) is 22.4 Å². The summed E-state index contributed by atoms with van der Waals surface area (Å²) in [5, 5.41) is 17.8. The highest BCUT2D eigenvalue weighted by Crippen LogP contribution is 2.32. The number of carbonyl (C=O) groups excluding carboxylic acids is 3. The molecule has 0 bridgehead atoms. The molecule has 3 amide bonds. The van der Waals surface area contributed by atoms with Crippen molar-refractivity contribution in [2.24, 2.45) is 0 Å². The minimum absolute atomic E-state index is 0.0246. The van der Waals surface area contributed by atoms with Gasteiger partial charge in [-0.3, -0.25) is 29.7 Å². The number of imide groups is 1. The highest BCUT2D eigenvalue weighted by Gasteiger charge is 2.28. The van der Waals surface area contributed by atoms with Crippen LogP contribution in [-0.2, 0) is 28.0 Å². The van der Waals surface area contributed by atoms with Crippen molar-refractivity contribution in [1.29, 1.82) is 0 Å². The molecular formula is C44H47N9O4. The van der Waals surface area contributed by atoms with Gasteiger partial charge >= 0.3 is 0 Å².